The van der Waals surface area contributed by atoms with Gasteiger partial charge in [0.15, 0.2) is 5.82 Å². The van der Waals surface area contributed by atoms with Gasteiger partial charge in [0.2, 0.25) is 6.79 Å². The smallest absolute Gasteiger partial charge is 0.415 e. The number of anilines is 1. The first-order chi connectivity index (χ1) is 21.8. The fraction of sp³-hybridized carbons (Fsp3) is 0.452. The van der Waals surface area contributed by atoms with Crippen LogP contribution in [-0.2, 0) is 45.2 Å². The van der Waals surface area contributed by atoms with Crippen LogP contribution in [0.3, 0.4) is 0 Å². The molecule has 3 aromatic rings. The molecule has 1 aliphatic carbocycles. The summed E-state index contributed by atoms with van der Waals surface area (Å²) >= 11 is 0. The second-order valence-corrected chi connectivity index (χ2v) is 12.0. The number of nitrogens with one attached hydrogen (secondary N) is 1. The summed E-state index contributed by atoms with van der Waals surface area (Å²) in [5.41, 5.74) is 4.96. The molecule has 1 saturated carbocycles. The number of amides is 1. The normalized spacial score (nSPS) is 21.5. The number of hydrogen-bond acceptors (Lipinski definition) is 13. The van der Waals surface area contributed by atoms with Crippen LogP contribution >= 0.6 is 0 Å². The van der Waals surface area contributed by atoms with Crippen LogP contribution in [0.15, 0.2) is 48.8 Å². The summed E-state index contributed by atoms with van der Waals surface area (Å²) < 4.78 is 22.0. The van der Waals surface area contributed by atoms with E-state index in [2.05, 4.69) is 26.2 Å². The van der Waals surface area contributed by atoms with E-state index in [4.69, 9.17) is 19.9 Å². The van der Waals surface area contributed by atoms with Gasteiger partial charge in [0, 0.05) is 12.8 Å². The molecule has 4 N–H and O–H groups in total. The maximum absolute atomic E-state index is 13.1. The van der Waals surface area contributed by atoms with E-state index in [-0.39, 0.29) is 36.5 Å². The van der Waals surface area contributed by atoms with Crippen LogP contribution < -0.4 is 11.1 Å². The van der Waals surface area contributed by atoms with Crippen molar-refractivity contribution < 1.29 is 43.2 Å². The molecule has 0 aliphatic heterocycles. The summed E-state index contributed by atoms with van der Waals surface area (Å²) in [7, 11) is 0. The molecule has 1 aliphatic rings. The summed E-state index contributed by atoms with van der Waals surface area (Å²) in [6, 6.07) is 13.2. The van der Waals surface area contributed by atoms with Crippen LogP contribution in [0.1, 0.15) is 45.4 Å². The molecule has 4 rings (SSSR count). The highest BCUT2D eigenvalue weighted by Gasteiger charge is 2.58. The number of nitrogens with zero attached hydrogens (tertiary/aromatic N) is 4. The van der Waals surface area contributed by atoms with Gasteiger partial charge in [-0.1, -0.05) is 51.1 Å². The van der Waals surface area contributed by atoms with Gasteiger partial charge < -0.3 is 29.8 Å². The molecule has 0 spiro atoms. The molecule has 1 aromatic carbocycles. The summed E-state index contributed by atoms with van der Waals surface area (Å²) in [4.78, 5) is 53.1. The van der Waals surface area contributed by atoms with Crippen molar-refractivity contribution in [3.8, 4) is 6.07 Å². The average molecular weight is 637 g/mol. The van der Waals surface area contributed by atoms with Crippen LogP contribution in [0.5, 0.6) is 0 Å². The quantitative estimate of drug-likeness (QED) is 0.165. The molecule has 244 valence electrons. The fourth-order valence-electron chi connectivity index (χ4n) is 5.17. The number of aliphatic hydroxyl groups is 1. The Kier molecular flexibility index (Phi) is 10.2. The molecule has 2 heterocycles. The highest BCUT2D eigenvalue weighted by Crippen LogP contribution is 2.46. The van der Waals surface area contributed by atoms with E-state index in [1.807, 2.05) is 6.07 Å². The highest BCUT2D eigenvalue weighted by atomic mass is 16.7. The maximum atomic E-state index is 13.1. The van der Waals surface area contributed by atoms with Gasteiger partial charge in [-0.05, 0) is 29.5 Å². The first-order valence-electron chi connectivity index (χ1n) is 14.4. The number of nitriles is 1. The second kappa shape index (κ2) is 13.9. The Morgan fingerprint density at radius 3 is 2.52 bits per heavy atom. The number of hydrogen-bond donors (Lipinski definition) is 3. The van der Waals surface area contributed by atoms with Gasteiger partial charge in [0.1, 0.15) is 35.5 Å². The predicted octanol–water partition coefficient (Wildman–Crippen LogP) is 2.01. The number of fused-ring (bicyclic) bond motifs is 1. The molecule has 2 aromatic heterocycles. The summed E-state index contributed by atoms with van der Waals surface area (Å²) in [5, 5.41) is 29.0. The standard InChI is InChI=1S/C31H36N6O9/c1-18(38)44-17-45-29(42)36-27-21-10-11-22(37(21)35-16-34-27)31(15-32)13-20(14-43-23(39)12-19-8-6-5-7-9-19)24(26(31)40)46-28(41)25(33)30(2,3)4/h5-11,16,20,24-26,40H,12-14,17,33H2,1-4H3,(H,34,35,36,42)/t20-,24-,25-,26-,31-/m1/s1. The number of esters is 3. The van der Waals surface area contributed by atoms with E-state index < -0.39 is 65.8 Å². The van der Waals surface area contributed by atoms with Crippen molar-refractivity contribution in [2.75, 3.05) is 18.7 Å². The lowest BCUT2D eigenvalue weighted by molar-refractivity contribution is -0.163. The zero-order valence-corrected chi connectivity index (χ0v) is 25.8. The monoisotopic (exact) mass is 636 g/mol. The first kappa shape index (κ1) is 33.8. The molecular weight excluding hydrogens is 600 g/mol. The third kappa shape index (κ3) is 7.41. The first-order valence-corrected chi connectivity index (χ1v) is 14.4. The molecule has 0 unspecified atom stereocenters. The van der Waals surface area contributed by atoms with Crippen molar-refractivity contribution in [1.29, 1.82) is 5.26 Å². The van der Waals surface area contributed by atoms with Gasteiger partial charge in [0.05, 0.1) is 24.8 Å². The number of rotatable bonds is 10. The third-order valence-corrected chi connectivity index (χ3v) is 7.74. The molecule has 1 amide bonds. The van der Waals surface area contributed by atoms with Gasteiger partial charge in [-0.3, -0.25) is 19.7 Å². The Bertz CT molecular complexity index is 1630. The van der Waals surface area contributed by atoms with Gasteiger partial charge in [0.25, 0.3) is 0 Å². The average Bonchev–Trinajstić information content (AvgIpc) is 3.55. The Hall–Kier alpha value is -5.07. The molecule has 1 fully saturated rings. The van der Waals surface area contributed by atoms with E-state index in [0.29, 0.717) is 0 Å². The number of aromatic nitrogens is 3. The van der Waals surface area contributed by atoms with E-state index in [9.17, 15) is 29.5 Å². The summed E-state index contributed by atoms with van der Waals surface area (Å²) in [6.07, 6.45) is -2.81. The summed E-state index contributed by atoms with van der Waals surface area (Å²) in [6.45, 7) is 5.57. The van der Waals surface area contributed by atoms with E-state index in [0.717, 1.165) is 18.8 Å². The molecule has 0 radical (unpaired) electrons. The Balaban J connectivity index is 1.63. The van der Waals surface area contributed by atoms with Crippen LogP contribution in [-0.4, -0.2) is 75.4 Å². The van der Waals surface area contributed by atoms with E-state index >= 15 is 0 Å². The third-order valence-electron chi connectivity index (χ3n) is 7.74. The lowest BCUT2D eigenvalue weighted by atomic mass is 9.81. The van der Waals surface area contributed by atoms with Crippen LogP contribution in [0.25, 0.3) is 5.52 Å². The fourth-order valence-corrected chi connectivity index (χ4v) is 5.17. The zero-order valence-electron chi connectivity index (χ0n) is 25.8. The highest BCUT2D eigenvalue weighted by molar-refractivity contribution is 5.88. The number of carbonyl (C=O) groups excluding carboxylic acids is 4. The lowest BCUT2D eigenvalue weighted by Gasteiger charge is -2.30. The van der Waals surface area contributed by atoms with Crippen LogP contribution in [0.4, 0.5) is 10.6 Å². The van der Waals surface area contributed by atoms with E-state index in [1.165, 1.54) is 16.6 Å². The number of aliphatic hydroxyl groups excluding tert-OH is 1. The van der Waals surface area contributed by atoms with Crippen molar-refractivity contribution in [2.24, 2.45) is 17.1 Å². The molecule has 15 heteroatoms. The number of benzene rings is 1. The van der Waals surface area contributed by atoms with Crippen LogP contribution in [0, 0.1) is 22.7 Å². The largest absolute Gasteiger partial charge is 0.465 e. The number of nitrogens with two attached hydrogens (primary N) is 1. The SMILES string of the molecule is CC(=O)OCOC(=O)Nc1ncnn2c([C@]3(C#N)C[C@H](COC(=O)Cc4ccccc4)[C@@H](OC(=O)[C@@H](N)C(C)(C)C)[C@H]3O)ccc12. The van der Waals surface area contributed by atoms with Gasteiger partial charge in [-0.25, -0.2) is 14.3 Å². The molecule has 46 heavy (non-hydrogen) atoms. The molecular formula is C31H36N6O9. The topological polar surface area (TPSA) is 217 Å². The van der Waals surface area contributed by atoms with Crippen LogP contribution in [0.2, 0.25) is 0 Å². The molecule has 15 nitrogen and oxygen atoms in total. The Morgan fingerprint density at radius 1 is 1.15 bits per heavy atom. The lowest BCUT2D eigenvalue weighted by Crippen LogP contribution is -2.48. The minimum atomic E-state index is -1.71. The molecule has 0 bridgehead atoms. The summed E-state index contributed by atoms with van der Waals surface area (Å²) in [5.74, 6) is -2.76. The Morgan fingerprint density at radius 2 is 1.87 bits per heavy atom. The van der Waals surface area contributed by atoms with Gasteiger partial charge >= 0.3 is 24.0 Å². The van der Waals surface area contributed by atoms with Crippen molar-refractivity contribution in [3.05, 3.63) is 60.0 Å². The minimum absolute atomic E-state index is 0.000159. The second-order valence-electron chi connectivity index (χ2n) is 12.0. The number of carbonyl (C=O) groups is 4. The van der Waals surface area contributed by atoms with Crippen molar-refractivity contribution in [3.63, 3.8) is 0 Å². The number of ether oxygens (including phenoxy) is 4. The molecule has 0 saturated heterocycles. The Labute approximate surface area is 264 Å². The van der Waals surface area contributed by atoms with Crippen molar-refractivity contribution >= 4 is 35.3 Å². The van der Waals surface area contributed by atoms with E-state index in [1.54, 1.807) is 45.0 Å². The molecule has 5 atom stereocenters. The van der Waals surface area contributed by atoms with Crippen molar-refractivity contribution in [1.82, 2.24) is 14.6 Å². The zero-order chi connectivity index (χ0) is 33.6. The minimum Gasteiger partial charge on any atom is -0.465 e. The maximum Gasteiger partial charge on any atom is 0.415 e. The van der Waals surface area contributed by atoms with Crippen molar-refractivity contribution in [2.45, 2.75) is 64.2 Å². The predicted molar refractivity (Wildman–Crippen MR) is 160 cm³/mol. The van der Waals surface area contributed by atoms with Gasteiger partial charge in [-0.2, -0.15) is 10.4 Å². The van der Waals surface area contributed by atoms with Gasteiger partial charge in [-0.15, -0.1) is 0 Å².